The lowest BCUT2D eigenvalue weighted by atomic mass is 10.2. The summed E-state index contributed by atoms with van der Waals surface area (Å²) < 4.78 is 23.7. The fourth-order valence-corrected chi connectivity index (χ4v) is 2.14. The van der Waals surface area contributed by atoms with Crippen LogP contribution in [-0.2, 0) is 4.74 Å². The van der Waals surface area contributed by atoms with Crippen molar-refractivity contribution in [1.82, 2.24) is 5.32 Å². The maximum atomic E-state index is 12.7. The van der Waals surface area contributed by atoms with E-state index in [-0.39, 0.29) is 18.2 Å². The molecule has 0 bridgehead atoms. The number of hydrogen-bond acceptors (Lipinski definition) is 3. The smallest absolute Gasteiger partial charge is 0.123 e. The number of nitrogens with one attached hydrogen (secondary N) is 1. The molecule has 1 fully saturated rings. The SMILES string of the molecule is Cl.Fc1ccc(OCCCCNCC2CCCO2)cc1. The molecule has 1 atom stereocenters. The van der Waals surface area contributed by atoms with Gasteiger partial charge in [-0.25, -0.2) is 4.39 Å². The van der Waals surface area contributed by atoms with Gasteiger partial charge < -0.3 is 14.8 Å². The molecular weight excluding hydrogens is 281 g/mol. The van der Waals surface area contributed by atoms with Crippen molar-refractivity contribution in [3.63, 3.8) is 0 Å². The number of halogens is 2. The molecule has 0 aliphatic carbocycles. The van der Waals surface area contributed by atoms with Gasteiger partial charge in [-0.3, -0.25) is 0 Å². The normalized spacial score (nSPS) is 17.8. The molecule has 20 heavy (non-hydrogen) atoms. The topological polar surface area (TPSA) is 30.5 Å². The summed E-state index contributed by atoms with van der Waals surface area (Å²) >= 11 is 0. The van der Waals surface area contributed by atoms with E-state index < -0.39 is 0 Å². The fourth-order valence-electron chi connectivity index (χ4n) is 2.14. The van der Waals surface area contributed by atoms with Crippen molar-refractivity contribution in [1.29, 1.82) is 0 Å². The van der Waals surface area contributed by atoms with Crippen LogP contribution < -0.4 is 10.1 Å². The molecule has 0 saturated carbocycles. The third kappa shape index (κ3) is 6.55. The second kappa shape index (κ2) is 9.97. The van der Waals surface area contributed by atoms with Gasteiger partial charge in [-0.05, 0) is 56.5 Å². The summed E-state index contributed by atoms with van der Waals surface area (Å²) in [6.45, 7) is 3.54. The Kier molecular flexibility index (Phi) is 8.58. The van der Waals surface area contributed by atoms with E-state index in [1.165, 1.54) is 25.0 Å². The molecule has 1 N–H and O–H groups in total. The van der Waals surface area contributed by atoms with E-state index in [1.807, 2.05) is 0 Å². The van der Waals surface area contributed by atoms with E-state index in [0.717, 1.165) is 38.3 Å². The van der Waals surface area contributed by atoms with Crippen LogP contribution in [0.3, 0.4) is 0 Å². The van der Waals surface area contributed by atoms with E-state index in [4.69, 9.17) is 9.47 Å². The Hall–Kier alpha value is -0.840. The lowest BCUT2D eigenvalue weighted by Gasteiger charge is -2.10. The van der Waals surface area contributed by atoms with Crippen LogP contribution in [0.25, 0.3) is 0 Å². The highest BCUT2D eigenvalue weighted by atomic mass is 35.5. The predicted octanol–water partition coefficient (Wildman–Crippen LogP) is 3.18. The minimum absolute atomic E-state index is 0. The lowest BCUT2D eigenvalue weighted by Crippen LogP contribution is -2.27. The molecule has 0 amide bonds. The highest BCUT2D eigenvalue weighted by Crippen LogP contribution is 2.12. The number of rotatable bonds is 8. The summed E-state index contributed by atoms with van der Waals surface area (Å²) in [5.41, 5.74) is 0. The van der Waals surface area contributed by atoms with E-state index in [9.17, 15) is 4.39 Å². The Morgan fingerprint density at radius 2 is 2.05 bits per heavy atom. The monoisotopic (exact) mass is 303 g/mol. The number of benzene rings is 1. The third-order valence-corrected chi connectivity index (χ3v) is 3.23. The van der Waals surface area contributed by atoms with Crippen LogP contribution in [0.5, 0.6) is 5.75 Å². The van der Waals surface area contributed by atoms with Gasteiger partial charge in [0.2, 0.25) is 0 Å². The first-order chi connectivity index (χ1) is 9.34. The van der Waals surface area contributed by atoms with Crippen molar-refractivity contribution in [2.45, 2.75) is 31.8 Å². The van der Waals surface area contributed by atoms with E-state index in [0.29, 0.717) is 12.7 Å². The average Bonchev–Trinajstić information content (AvgIpc) is 2.93. The quantitative estimate of drug-likeness (QED) is 0.748. The van der Waals surface area contributed by atoms with Gasteiger partial charge in [0, 0.05) is 13.2 Å². The van der Waals surface area contributed by atoms with Gasteiger partial charge in [0.05, 0.1) is 12.7 Å². The van der Waals surface area contributed by atoms with Gasteiger partial charge in [-0.15, -0.1) is 12.4 Å². The molecule has 3 nitrogen and oxygen atoms in total. The number of hydrogen-bond donors (Lipinski definition) is 1. The molecule has 2 rings (SSSR count). The van der Waals surface area contributed by atoms with Crippen LogP contribution in [0.4, 0.5) is 4.39 Å². The molecular formula is C15H23ClFNO2. The second-order valence-corrected chi connectivity index (χ2v) is 4.85. The molecule has 1 aliphatic rings. The molecule has 1 saturated heterocycles. The van der Waals surface area contributed by atoms with E-state index >= 15 is 0 Å². The molecule has 1 aliphatic heterocycles. The first-order valence-electron chi connectivity index (χ1n) is 7.05. The lowest BCUT2D eigenvalue weighted by molar-refractivity contribution is 0.110. The Morgan fingerprint density at radius 1 is 1.25 bits per heavy atom. The zero-order valence-electron chi connectivity index (χ0n) is 11.6. The van der Waals surface area contributed by atoms with Gasteiger partial charge in [-0.2, -0.15) is 0 Å². The highest BCUT2D eigenvalue weighted by Gasteiger charge is 2.13. The Labute approximate surface area is 126 Å². The molecule has 0 aromatic heterocycles. The fraction of sp³-hybridized carbons (Fsp3) is 0.600. The Bertz CT molecular complexity index is 355. The summed E-state index contributed by atoms with van der Waals surface area (Å²) in [5.74, 6) is 0.499. The zero-order chi connectivity index (χ0) is 13.3. The van der Waals surface area contributed by atoms with Crippen LogP contribution in [0, 0.1) is 5.82 Å². The average molecular weight is 304 g/mol. The summed E-state index contributed by atoms with van der Waals surface area (Å²) in [6.07, 6.45) is 4.86. The standard InChI is InChI=1S/C15H22FNO2.ClH/c16-13-5-7-14(8-6-13)18-10-2-1-9-17-12-15-4-3-11-19-15;/h5-8,15,17H,1-4,9-12H2;1H. The van der Waals surface area contributed by atoms with Crippen molar-refractivity contribution in [2.75, 3.05) is 26.3 Å². The van der Waals surface area contributed by atoms with Crippen LogP contribution in [0.2, 0.25) is 0 Å². The molecule has 1 aromatic carbocycles. The van der Waals surface area contributed by atoms with Crippen molar-refractivity contribution >= 4 is 12.4 Å². The van der Waals surface area contributed by atoms with Crippen LogP contribution in [0.1, 0.15) is 25.7 Å². The van der Waals surface area contributed by atoms with E-state index in [1.54, 1.807) is 12.1 Å². The van der Waals surface area contributed by atoms with Crippen LogP contribution in [0.15, 0.2) is 24.3 Å². The maximum Gasteiger partial charge on any atom is 0.123 e. The number of unbranched alkanes of at least 4 members (excludes halogenated alkanes) is 1. The van der Waals surface area contributed by atoms with Crippen LogP contribution >= 0.6 is 12.4 Å². The van der Waals surface area contributed by atoms with Crippen molar-refractivity contribution in [2.24, 2.45) is 0 Å². The van der Waals surface area contributed by atoms with Gasteiger partial charge in [-0.1, -0.05) is 0 Å². The minimum Gasteiger partial charge on any atom is -0.494 e. The van der Waals surface area contributed by atoms with Crippen molar-refractivity contribution < 1.29 is 13.9 Å². The molecule has 1 unspecified atom stereocenters. The minimum atomic E-state index is -0.231. The number of ether oxygens (including phenoxy) is 2. The molecule has 0 radical (unpaired) electrons. The largest absolute Gasteiger partial charge is 0.494 e. The first kappa shape index (κ1) is 17.2. The van der Waals surface area contributed by atoms with Gasteiger partial charge in [0.25, 0.3) is 0 Å². The molecule has 0 spiro atoms. The summed E-state index contributed by atoms with van der Waals surface area (Å²) in [6, 6.07) is 6.15. The predicted molar refractivity (Wildman–Crippen MR) is 80.2 cm³/mol. The molecule has 1 heterocycles. The summed E-state index contributed by atoms with van der Waals surface area (Å²) in [4.78, 5) is 0. The molecule has 5 heteroatoms. The van der Waals surface area contributed by atoms with Gasteiger partial charge in [0.15, 0.2) is 0 Å². The van der Waals surface area contributed by atoms with Gasteiger partial charge in [0.1, 0.15) is 11.6 Å². The Morgan fingerprint density at radius 3 is 2.75 bits per heavy atom. The first-order valence-corrected chi connectivity index (χ1v) is 7.05. The maximum absolute atomic E-state index is 12.7. The van der Waals surface area contributed by atoms with Crippen molar-refractivity contribution in [3.05, 3.63) is 30.1 Å². The molecule has 114 valence electrons. The summed E-state index contributed by atoms with van der Waals surface area (Å²) in [7, 11) is 0. The van der Waals surface area contributed by atoms with E-state index in [2.05, 4.69) is 5.32 Å². The summed E-state index contributed by atoms with van der Waals surface area (Å²) in [5, 5.41) is 3.40. The molecule has 1 aromatic rings. The Balaban J connectivity index is 0.00000200. The van der Waals surface area contributed by atoms with Crippen molar-refractivity contribution in [3.8, 4) is 5.75 Å². The highest BCUT2D eigenvalue weighted by molar-refractivity contribution is 5.85. The zero-order valence-corrected chi connectivity index (χ0v) is 12.5. The van der Waals surface area contributed by atoms with Gasteiger partial charge >= 0.3 is 0 Å². The van der Waals surface area contributed by atoms with Crippen LogP contribution in [-0.4, -0.2) is 32.4 Å². The third-order valence-electron chi connectivity index (χ3n) is 3.23. The second-order valence-electron chi connectivity index (χ2n) is 4.85.